The molecule has 3 heteroatoms. The van der Waals surface area contributed by atoms with Crippen molar-refractivity contribution in [3.63, 3.8) is 0 Å². The Morgan fingerprint density at radius 2 is 1.47 bits per heavy atom. The highest BCUT2D eigenvalue weighted by atomic mass is 35.5. The molecule has 1 aromatic carbocycles. The van der Waals surface area contributed by atoms with E-state index in [0.29, 0.717) is 6.61 Å². The van der Waals surface area contributed by atoms with Crippen LogP contribution in [0, 0.1) is 0 Å². The Bertz CT molecular complexity index is 285. The molecule has 0 aromatic heterocycles. The van der Waals surface area contributed by atoms with Gasteiger partial charge in [0.2, 0.25) is 0 Å². The van der Waals surface area contributed by atoms with Crippen molar-refractivity contribution in [3.8, 4) is 11.5 Å². The highest BCUT2D eigenvalue weighted by Crippen LogP contribution is 2.17. The SMILES string of the molecule is CCOc1ccc(OCCCCCCCl)cc1. The van der Waals surface area contributed by atoms with Crippen molar-refractivity contribution in [2.45, 2.75) is 32.6 Å². The molecular weight excluding hydrogens is 236 g/mol. The normalized spacial score (nSPS) is 10.2. The van der Waals surface area contributed by atoms with Gasteiger partial charge in [0, 0.05) is 5.88 Å². The average Bonchev–Trinajstić information content (AvgIpc) is 2.36. The third-order valence-corrected chi connectivity index (χ3v) is 2.70. The Labute approximate surface area is 109 Å². The number of hydrogen-bond acceptors (Lipinski definition) is 2. The minimum Gasteiger partial charge on any atom is -0.494 e. The molecule has 96 valence electrons. The van der Waals surface area contributed by atoms with Crippen molar-refractivity contribution in [2.24, 2.45) is 0 Å². The molecule has 0 radical (unpaired) electrons. The minimum absolute atomic E-state index is 0.695. The quantitative estimate of drug-likeness (QED) is 0.485. The van der Waals surface area contributed by atoms with Gasteiger partial charge in [0.25, 0.3) is 0 Å². The molecule has 17 heavy (non-hydrogen) atoms. The highest BCUT2D eigenvalue weighted by Gasteiger charge is 1.96. The summed E-state index contributed by atoms with van der Waals surface area (Å²) < 4.78 is 11.0. The molecule has 2 nitrogen and oxygen atoms in total. The average molecular weight is 257 g/mol. The van der Waals surface area contributed by atoms with Gasteiger partial charge in [0.1, 0.15) is 11.5 Å². The van der Waals surface area contributed by atoms with Crippen LogP contribution in [0.25, 0.3) is 0 Å². The van der Waals surface area contributed by atoms with Crippen LogP contribution in [0.5, 0.6) is 11.5 Å². The second kappa shape index (κ2) is 9.17. The maximum absolute atomic E-state index is 5.63. The summed E-state index contributed by atoms with van der Waals surface area (Å²) in [4.78, 5) is 0. The van der Waals surface area contributed by atoms with Crippen LogP contribution in [0.15, 0.2) is 24.3 Å². The maximum atomic E-state index is 5.63. The summed E-state index contributed by atoms with van der Waals surface area (Å²) in [5.74, 6) is 2.56. The lowest BCUT2D eigenvalue weighted by Gasteiger charge is -2.07. The fourth-order valence-corrected chi connectivity index (χ4v) is 1.73. The van der Waals surface area contributed by atoms with Crippen LogP contribution in [0.4, 0.5) is 0 Å². The number of ether oxygens (including phenoxy) is 2. The number of benzene rings is 1. The van der Waals surface area contributed by atoms with E-state index in [2.05, 4.69) is 0 Å². The number of unbranched alkanes of at least 4 members (excludes halogenated alkanes) is 3. The van der Waals surface area contributed by atoms with Crippen molar-refractivity contribution in [1.82, 2.24) is 0 Å². The van der Waals surface area contributed by atoms with Gasteiger partial charge in [0.15, 0.2) is 0 Å². The van der Waals surface area contributed by atoms with Crippen molar-refractivity contribution in [2.75, 3.05) is 19.1 Å². The Morgan fingerprint density at radius 1 is 0.882 bits per heavy atom. The number of alkyl halides is 1. The van der Waals surface area contributed by atoms with Crippen molar-refractivity contribution < 1.29 is 9.47 Å². The lowest BCUT2D eigenvalue weighted by atomic mass is 10.2. The third-order valence-electron chi connectivity index (χ3n) is 2.43. The van der Waals surface area contributed by atoms with Crippen LogP contribution in [0.1, 0.15) is 32.6 Å². The fraction of sp³-hybridized carbons (Fsp3) is 0.571. The van der Waals surface area contributed by atoms with Crippen molar-refractivity contribution >= 4 is 11.6 Å². The van der Waals surface area contributed by atoms with E-state index < -0.39 is 0 Å². The van der Waals surface area contributed by atoms with Gasteiger partial charge in [-0.25, -0.2) is 0 Å². The van der Waals surface area contributed by atoms with Gasteiger partial charge in [-0.1, -0.05) is 12.8 Å². The molecule has 1 aromatic rings. The molecule has 0 atom stereocenters. The first-order valence-corrected chi connectivity index (χ1v) is 6.82. The highest BCUT2D eigenvalue weighted by molar-refractivity contribution is 6.17. The van der Waals surface area contributed by atoms with Gasteiger partial charge in [-0.05, 0) is 44.0 Å². The van der Waals surface area contributed by atoms with E-state index in [9.17, 15) is 0 Å². The summed E-state index contributed by atoms with van der Waals surface area (Å²) in [5.41, 5.74) is 0. The first kappa shape index (κ1) is 14.2. The topological polar surface area (TPSA) is 18.5 Å². The van der Waals surface area contributed by atoms with Crippen LogP contribution < -0.4 is 9.47 Å². The summed E-state index contributed by atoms with van der Waals surface area (Å²) in [7, 11) is 0. The van der Waals surface area contributed by atoms with E-state index in [1.165, 1.54) is 12.8 Å². The molecule has 1 rings (SSSR count). The summed E-state index contributed by atoms with van der Waals surface area (Å²) >= 11 is 5.61. The largest absolute Gasteiger partial charge is 0.494 e. The van der Waals surface area contributed by atoms with Crippen LogP contribution in [-0.2, 0) is 0 Å². The zero-order valence-corrected chi connectivity index (χ0v) is 11.2. The molecule has 0 bridgehead atoms. The molecule has 0 heterocycles. The Morgan fingerprint density at radius 3 is 2.06 bits per heavy atom. The van der Waals surface area contributed by atoms with E-state index in [1.807, 2.05) is 31.2 Å². The molecule has 0 aliphatic rings. The minimum atomic E-state index is 0.695. The molecule has 0 spiro atoms. The van der Waals surface area contributed by atoms with E-state index in [-0.39, 0.29) is 0 Å². The van der Waals surface area contributed by atoms with Gasteiger partial charge in [-0.15, -0.1) is 11.6 Å². The molecule has 0 saturated carbocycles. The standard InChI is InChI=1S/C14H21ClO2/c1-2-16-13-7-9-14(10-8-13)17-12-6-4-3-5-11-15/h7-10H,2-6,11-12H2,1H3. The van der Waals surface area contributed by atoms with Crippen molar-refractivity contribution in [3.05, 3.63) is 24.3 Å². The van der Waals surface area contributed by atoms with Gasteiger partial charge in [0.05, 0.1) is 13.2 Å². The van der Waals surface area contributed by atoms with Gasteiger partial charge in [-0.2, -0.15) is 0 Å². The molecule has 0 unspecified atom stereocenters. The fourth-order valence-electron chi connectivity index (χ4n) is 1.54. The molecule has 0 aliphatic carbocycles. The number of rotatable bonds is 9. The third kappa shape index (κ3) is 6.42. The van der Waals surface area contributed by atoms with Gasteiger partial charge in [-0.3, -0.25) is 0 Å². The predicted molar refractivity (Wildman–Crippen MR) is 72.3 cm³/mol. The second-order valence-corrected chi connectivity index (χ2v) is 4.23. The van der Waals surface area contributed by atoms with E-state index >= 15 is 0 Å². The van der Waals surface area contributed by atoms with Gasteiger partial charge < -0.3 is 9.47 Å². The Hall–Kier alpha value is -0.890. The predicted octanol–water partition coefficient (Wildman–Crippen LogP) is 4.26. The molecule has 0 N–H and O–H groups in total. The van der Waals surface area contributed by atoms with E-state index in [0.717, 1.165) is 36.8 Å². The zero-order chi connectivity index (χ0) is 12.3. The molecule has 0 saturated heterocycles. The van der Waals surface area contributed by atoms with Crippen LogP contribution in [0.3, 0.4) is 0 Å². The van der Waals surface area contributed by atoms with Crippen LogP contribution in [-0.4, -0.2) is 19.1 Å². The van der Waals surface area contributed by atoms with Gasteiger partial charge >= 0.3 is 0 Å². The Kier molecular flexibility index (Phi) is 7.65. The van der Waals surface area contributed by atoms with E-state index in [4.69, 9.17) is 21.1 Å². The lowest BCUT2D eigenvalue weighted by Crippen LogP contribution is -1.97. The zero-order valence-electron chi connectivity index (χ0n) is 10.5. The number of hydrogen-bond donors (Lipinski definition) is 0. The smallest absolute Gasteiger partial charge is 0.119 e. The first-order chi connectivity index (χ1) is 8.36. The Balaban J connectivity index is 2.14. The summed E-state index contributed by atoms with van der Waals surface area (Å²) in [5, 5.41) is 0. The molecule has 0 aliphatic heterocycles. The number of halogens is 1. The summed E-state index contributed by atoms with van der Waals surface area (Å²) in [6.07, 6.45) is 4.56. The molecule has 0 amide bonds. The summed E-state index contributed by atoms with van der Waals surface area (Å²) in [6.45, 7) is 3.45. The van der Waals surface area contributed by atoms with Crippen molar-refractivity contribution in [1.29, 1.82) is 0 Å². The van der Waals surface area contributed by atoms with Crippen LogP contribution >= 0.6 is 11.6 Å². The maximum Gasteiger partial charge on any atom is 0.119 e. The van der Waals surface area contributed by atoms with E-state index in [1.54, 1.807) is 0 Å². The monoisotopic (exact) mass is 256 g/mol. The molecular formula is C14H21ClO2. The lowest BCUT2D eigenvalue weighted by molar-refractivity contribution is 0.303. The second-order valence-electron chi connectivity index (χ2n) is 3.86. The summed E-state index contributed by atoms with van der Waals surface area (Å²) in [6, 6.07) is 7.77. The first-order valence-electron chi connectivity index (χ1n) is 6.28. The molecule has 0 fully saturated rings. The van der Waals surface area contributed by atoms with Crippen LogP contribution in [0.2, 0.25) is 0 Å².